The molecule has 3 rings (SSSR count). The van der Waals surface area contributed by atoms with E-state index in [-0.39, 0.29) is 11.7 Å². The number of aromatic nitrogens is 2. The predicted octanol–water partition coefficient (Wildman–Crippen LogP) is 4.67. The van der Waals surface area contributed by atoms with Gasteiger partial charge in [-0.25, -0.2) is 9.37 Å². The number of ether oxygens (including phenoxy) is 1. The molecule has 0 N–H and O–H groups in total. The molecule has 1 heterocycles. The molecular formula is C15H11BrClFN2O. The number of halogens is 3. The maximum absolute atomic E-state index is 13.4. The van der Waals surface area contributed by atoms with Crippen LogP contribution in [-0.4, -0.2) is 16.7 Å². The van der Waals surface area contributed by atoms with Crippen molar-refractivity contribution in [2.45, 2.75) is 5.88 Å². The normalized spacial score (nSPS) is 11.0. The van der Waals surface area contributed by atoms with Crippen LogP contribution in [0.3, 0.4) is 0 Å². The van der Waals surface area contributed by atoms with E-state index < -0.39 is 0 Å². The number of imidazole rings is 1. The molecule has 0 spiro atoms. The first kappa shape index (κ1) is 14.4. The standard InChI is InChI=1S/C15H11BrClFN2O/c1-21-14-7-10(18)3-5-13(14)20-12-4-2-9(16)6-11(12)19-15(20)8-17/h2-7H,8H2,1H3. The minimum Gasteiger partial charge on any atom is -0.494 e. The Balaban J connectivity index is 2.33. The Kier molecular flexibility index (Phi) is 3.87. The second-order valence-corrected chi connectivity index (χ2v) is 5.63. The summed E-state index contributed by atoms with van der Waals surface area (Å²) < 4.78 is 21.5. The van der Waals surface area contributed by atoms with Gasteiger partial charge in [0.1, 0.15) is 17.4 Å². The molecule has 0 aliphatic rings. The van der Waals surface area contributed by atoms with Gasteiger partial charge in [0.2, 0.25) is 0 Å². The minimum absolute atomic E-state index is 0.243. The zero-order valence-electron chi connectivity index (χ0n) is 11.1. The summed E-state index contributed by atoms with van der Waals surface area (Å²) in [4.78, 5) is 4.52. The topological polar surface area (TPSA) is 27.1 Å². The molecule has 0 aliphatic heterocycles. The lowest BCUT2D eigenvalue weighted by molar-refractivity contribution is 0.409. The molecule has 0 fully saturated rings. The summed E-state index contributed by atoms with van der Waals surface area (Å²) in [5.74, 6) is 1.00. The van der Waals surface area contributed by atoms with Crippen LogP contribution in [0.4, 0.5) is 4.39 Å². The Morgan fingerprint density at radius 3 is 2.81 bits per heavy atom. The summed E-state index contributed by atoms with van der Waals surface area (Å²) in [6.45, 7) is 0. The van der Waals surface area contributed by atoms with Crippen molar-refractivity contribution in [1.29, 1.82) is 0 Å². The van der Waals surface area contributed by atoms with Crippen molar-refractivity contribution in [2.24, 2.45) is 0 Å². The van der Waals surface area contributed by atoms with Gasteiger partial charge in [-0.2, -0.15) is 0 Å². The second-order valence-electron chi connectivity index (χ2n) is 4.45. The Labute approximate surface area is 134 Å². The highest BCUT2D eigenvalue weighted by molar-refractivity contribution is 9.10. The fourth-order valence-electron chi connectivity index (χ4n) is 2.30. The van der Waals surface area contributed by atoms with Gasteiger partial charge >= 0.3 is 0 Å². The molecule has 0 unspecified atom stereocenters. The maximum Gasteiger partial charge on any atom is 0.145 e. The Morgan fingerprint density at radius 2 is 2.10 bits per heavy atom. The number of alkyl halides is 1. The van der Waals surface area contributed by atoms with E-state index in [1.165, 1.54) is 19.2 Å². The van der Waals surface area contributed by atoms with Crippen molar-refractivity contribution in [1.82, 2.24) is 9.55 Å². The molecule has 0 saturated heterocycles. The van der Waals surface area contributed by atoms with E-state index in [0.717, 1.165) is 15.5 Å². The highest BCUT2D eigenvalue weighted by Gasteiger charge is 2.15. The largest absolute Gasteiger partial charge is 0.494 e. The molecule has 0 aliphatic carbocycles. The van der Waals surface area contributed by atoms with Gasteiger partial charge in [0, 0.05) is 10.5 Å². The quantitative estimate of drug-likeness (QED) is 0.627. The van der Waals surface area contributed by atoms with E-state index >= 15 is 0 Å². The van der Waals surface area contributed by atoms with Crippen LogP contribution in [0.25, 0.3) is 16.7 Å². The van der Waals surface area contributed by atoms with Gasteiger partial charge in [-0.05, 0) is 30.3 Å². The lowest BCUT2D eigenvalue weighted by Crippen LogP contribution is -2.02. The SMILES string of the molecule is COc1cc(F)ccc1-n1c(CCl)nc2cc(Br)ccc21. The van der Waals surface area contributed by atoms with Gasteiger partial charge in [0.25, 0.3) is 0 Å². The van der Waals surface area contributed by atoms with Crippen LogP contribution in [0.1, 0.15) is 5.82 Å². The Bertz CT molecular complexity index is 819. The zero-order chi connectivity index (χ0) is 15.0. The van der Waals surface area contributed by atoms with Crippen LogP contribution >= 0.6 is 27.5 Å². The lowest BCUT2D eigenvalue weighted by atomic mass is 10.2. The molecule has 0 radical (unpaired) electrons. The average molecular weight is 370 g/mol. The molecule has 3 aromatic rings. The van der Waals surface area contributed by atoms with Gasteiger partial charge in [-0.1, -0.05) is 15.9 Å². The van der Waals surface area contributed by atoms with Crippen LogP contribution in [0.5, 0.6) is 5.75 Å². The first-order valence-electron chi connectivity index (χ1n) is 6.21. The third-order valence-electron chi connectivity index (χ3n) is 3.19. The fraction of sp³-hybridized carbons (Fsp3) is 0.133. The van der Waals surface area contributed by atoms with Crippen LogP contribution in [0, 0.1) is 5.82 Å². The highest BCUT2D eigenvalue weighted by atomic mass is 79.9. The molecule has 0 saturated carbocycles. The van der Waals surface area contributed by atoms with Crippen LogP contribution < -0.4 is 4.74 Å². The summed E-state index contributed by atoms with van der Waals surface area (Å²) in [6.07, 6.45) is 0. The molecular weight excluding hydrogens is 359 g/mol. The Morgan fingerprint density at radius 1 is 1.29 bits per heavy atom. The van der Waals surface area contributed by atoms with Gasteiger partial charge in [0.05, 0.1) is 29.7 Å². The first-order chi connectivity index (χ1) is 10.1. The third kappa shape index (κ3) is 2.51. The molecule has 108 valence electrons. The summed E-state index contributed by atoms with van der Waals surface area (Å²) in [5.41, 5.74) is 2.41. The van der Waals surface area contributed by atoms with Gasteiger partial charge in [-0.15, -0.1) is 11.6 Å². The molecule has 0 bridgehead atoms. The van der Waals surface area contributed by atoms with Gasteiger partial charge < -0.3 is 4.74 Å². The first-order valence-corrected chi connectivity index (χ1v) is 7.53. The van der Waals surface area contributed by atoms with E-state index in [9.17, 15) is 4.39 Å². The van der Waals surface area contributed by atoms with E-state index in [1.807, 2.05) is 22.8 Å². The number of nitrogens with zero attached hydrogens (tertiary/aromatic N) is 2. The maximum atomic E-state index is 13.4. The summed E-state index contributed by atoms with van der Waals surface area (Å²) >= 11 is 9.44. The summed E-state index contributed by atoms with van der Waals surface area (Å²) in [5, 5.41) is 0. The van der Waals surface area contributed by atoms with E-state index in [0.29, 0.717) is 17.3 Å². The number of hydrogen-bond acceptors (Lipinski definition) is 2. The molecule has 1 aromatic heterocycles. The molecule has 6 heteroatoms. The number of rotatable bonds is 3. The number of benzene rings is 2. The highest BCUT2D eigenvalue weighted by Crippen LogP contribution is 2.30. The summed E-state index contributed by atoms with van der Waals surface area (Å²) in [7, 11) is 1.51. The van der Waals surface area contributed by atoms with Gasteiger partial charge in [0.15, 0.2) is 0 Å². The molecule has 21 heavy (non-hydrogen) atoms. The Hall–Kier alpha value is -1.59. The number of fused-ring (bicyclic) bond motifs is 1. The predicted molar refractivity (Wildman–Crippen MR) is 84.8 cm³/mol. The number of methoxy groups -OCH3 is 1. The molecule has 0 atom stereocenters. The van der Waals surface area contributed by atoms with Crippen molar-refractivity contribution in [3.05, 3.63) is 52.5 Å². The van der Waals surface area contributed by atoms with Crippen molar-refractivity contribution >= 4 is 38.6 Å². The molecule has 3 nitrogen and oxygen atoms in total. The zero-order valence-corrected chi connectivity index (χ0v) is 13.4. The van der Waals surface area contributed by atoms with Crippen LogP contribution in [-0.2, 0) is 5.88 Å². The second kappa shape index (κ2) is 5.66. The monoisotopic (exact) mass is 368 g/mol. The van der Waals surface area contributed by atoms with Crippen molar-refractivity contribution < 1.29 is 9.13 Å². The average Bonchev–Trinajstić information content (AvgIpc) is 2.84. The third-order valence-corrected chi connectivity index (χ3v) is 3.92. The van der Waals surface area contributed by atoms with Crippen LogP contribution in [0.2, 0.25) is 0 Å². The molecule has 2 aromatic carbocycles. The fourth-order valence-corrected chi connectivity index (χ4v) is 2.83. The van der Waals surface area contributed by atoms with Crippen molar-refractivity contribution in [3.8, 4) is 11.4 Å². The van der Waals surface area contributed by atoms with Crippen molar-refractivity contribution in [2.75, 3.05) is 7.11 Å². The summed E-state index contributed by atoms with van der Waals surface area (Å²) in [6, 6.07) is 10.2. The van der Waals surface area contributed by atoms with E-state index in [4.69, 9.17) is 16.3 Å². The van der Waals surface area contributed by atoms with Gasteiger partial charge in [-0.3, -0.25) is 4.57 Å². The minimum atomic E-state index is -0.352. The van der Waals surface area contributed by atoms with E-state index in [2.05, 4.69) is 20.9 Å². The van der Waals surface area contributed by atoms with E-state index in [1.54, 1.807) is 6.07 Å². The van der Waals surface area contributed by atoms with Crippen LogP contribution in [0.15, 0.2) is 40.9 Å². The number of hydrogen-bond donors (Lipinski definition) is 0. The lowest BCUT2D eigenvalue weighted by Gasteiger charge is -2.12. The smallest absolute Gasteiger partial charge is 0.145 e. The van der Waals surface area contributed by atoms with Crippen molar-refractivity contribution in [3.63, 3.8) is 0 Å². The molecule has 0 amide bonds.